The van der Waals surface area contributed by atoms with Gasteiger partial charge < -0.3 is 10.3 Å². The van der Waals surface area contributed by atoms with Crippen molar-refractivity contribution in [3.8, 4) is 0 Å². The molecule has 2 aromatic heterocycles. The summed E-state index contributed by atoms with van der Waals surface area (Å²) in [5.41, 5.74) is 2.10. The van der Waals surface area contributed by atoms with Crippen LogP contribution in [0.15, 0.2) is 35.1 Å². The van der Waals surface area contributed by atoms with E-state index in [1.54, 1.807) is 0 Å². The summed E-state index contributed by atoms with van der Waals surface area (Å²) >= 11 is 3.01. The monoisotopic (exact) mass is 401 g/mol. The lowest BCUT2D eigenvalue weighted by atomic mass is 10.1. The Morgan fingerprint density at radius 3 is 2.78 bits per heavy atom. The molecule has 1 unspecified atom stereocenters. The molecule has 0 radical (unpaired) electrons. The molecule has 0 aliphatic carbocycles. The molecule has 0 aliphatic rings. The van der Waals surface area contributed by atoms with Crippen LogP contribution in [0.25, 0.3) is 10.2 Å². The van der Waals surface area contributed by atoms with Crippen LogP contribution in [0.4, 0.5) is 0 Å². The van der Waals surface area contributed by atoms with Crippen molar-refractivity contribution in [3.63, 3.8) is 0 Å². The lowest BCUT2D eigenvalue weighted by Gasteiger charge is -2.11. The Balaban J connectivity index is 1.54. The highest BCUT2D eigenvalue weighted by Crippen LogP contribution is 2.26. The van der Waals surface area contributed by atoms with Gasteiger partial charge in [0.1, 0.15) is 10.7 Å². The number of nitrogens with one attached hydrogen (secondary N) is 2. The van der Waals surface area contributed by atoms with Gasteiger partial charge in [-0.05, 0) is 38.3 Å². The van der Waals surface area contributed by atoms with Crippen LogP contribution in [-0.4, -0.2) is 27.7 Å². The summed E-state index contributed by atoms with van der Waals surface area (Å²) in [5.74, 6) is 1.11. The number of hydrogen-bond acceptors (Lipinski definition) is 5. The maximum absolute atomic E-state index is 12.3. The third-order valence-corrected chi connectivity index (χ3v) is 6.74. The summed E-state index contributed by atoms with van der Waals surface area (Å²) in [6.45, 7) is 6.43. The Morgan fingerprint density at radius 2 is 2.04 bits per heavy atom. The number of rotatable bonds is 7. The van der Waals surface area contributed by atoms with Crippen LogP contribution < -0.4 is 10.9 Å². The van der Waals surface area contributed by atoms with Crippen molar-refractivity contribution < 1.29 is 4.79 Å². The van der Waals surface area contributed by atoms with E-state index in [0.717, 1.165) is 21.7 Å². The molecule has 0 saturated heterocycles. The molecule has 0 spiro atoms. The number of carbonyl (C=O) groups excluding carboxylic acids is 1. The molecule has 7 heteroatoms. The van der Waals surface area contributed by atoms with E-state index in [0.29, 0.717) is 23.5 Å². The van der Waals surface area contributed by atoms with Gasteiger partial charge in [0, 0.05) is 11.4 Å². The van der Waals surface area contributed by atoms with Gasteiger partial charge in [0.15, 0.2) is 0 Å². The summed E-state index contributed by atoms with van der Waals surface area (Å²) in [7, 11) is 0. The second kappa shape index (κ2) is 8.71. The highest BCUT2D eigenvalue weighted by molar-refractivity contribution is 7.99. The zero-order valence-corrected chi connectivity index (χ0v) is 17.3. The van der Waals surface area contributed by atoms with Crippen LogP contribution in [0.5, 0.6) is 0 Å². The Morgan fingerprint density at radius 1 is 1.30 bits per heavy atom. The predicted molar refractivity (Wildman–Crippen MR) is 114 cm³/mol. The minimum Gasteiger partial charge on any atom is -0.355 e. The van der Waals surface area contributed by atoms with Gasteiger partial charge in [-0.15, -0.1) is 23.1 Å². The molecule has 0 bridgehead atoms. The average Bonchev–Trinajstić information content (AvgIpc) is 2.94. The number of amides is 1. The predicted octanol–water partition coefficient (Wildman–Crippen LogP) is 3.58. The van der Waals surface area contributed by atoms with Crippen LogP contribution >= 0.6 is 23.1 Å². The van der Waals surface area contributed by atoms with E-state index >= 15 is 0 Å². The molecule has 1 amide bonds. The zero-order chi connectivity index (χ0) is 19.4. The minimum absolute atomic E-state index is 0.00201. The lowest BCUT2D eigenvalue weighted by molar-refractivity contribution is -0.120. The molecule has 2 heterocycles. The number of aromatic nitrogens is 2. The van der Waals surface area contributed by atoms with Crippen molar-refractivity contribution in [2.45, 2.75) is 38.2 Å². The first-order chi connectivity index (χ1) is 13.0. The first kappa shape index (κ1) is 19.6. The third kappa shape index (κ3) is 4.78. The lowest BCUT2D eigenvalue weighted by Crippen LogP contribution is -2.32. The quantitative estimate of drug-likeness (QED) is 0.635. The van der Waals surface area contributed by atoms with E-state index < -0.39 is 0 Å². The number of carbonyl (C=O) groups is 1. The number of thioether (sulfide) groups is 1. The van der Waals surface area contributed by atoms with Crippen LogP contribution in [0, 0.1) is 13.8 Å². The van der Waals surface area contributed by atoms with E-state index in [1.165, 1.54) is 28.7 Å². The number of aryl methyl sites for hydroxylation is 2. The number of hydrogen-bond donors (Lipinski definition) is 2. The van der Waals surface area contributed by atoms with Gasteiger partial charge in [-0.25, -0.2) is 4.98 Å². The average molecular weight is 402 g/mol. The zero-order valence-electron chi connectivity index (χ0n) is 15.7. The van der Waals surface area contributed by atoms with Crippen molar-refractivity contribution in [2.75, 3.05) is 6.54 Å². The number of aromatic amines is 1. The maximum Gasteiger partial charge on any atom is 0.259 e. The van der Waals surface area contributed by atoms with E-state index in [-0.39, 0.29) is 16.7 Å². The Bertz CT molecular complexity index is 996. The molecular weight excluding hydrogens is 378 g/mol. The van der Waals surface area contributed by atoms with Crippen molar-refractivity contribution in [1.82, 2.24) is 15.3 Å². The van der Waals surface area contributed by atoms with Crippen molar-refractivity contribution in [1.29, 1.82) is 0 Å². The molecule has 0 fully saturated rings. The van der Waals surface area contributed by atoms with Crippen molar-refractivity contribution >= 4 is 39.2 Å². The topological polar surface area (TPSA) is 74.8 Å². The smallest absolute Gasteiger partial charge is 0.259 e. The highest BCUT2D eigenvalue weighted by Gasteiger charge is 2.15. The maximum atomic E-state index is 12.3. The Kier molecular flexibility index (Phi) is 6.34. The number of thiophene rings is 1. The summed E-state index contributed by atoms with van der Waals surface area (Å²) in [6, 6.07) is 10.1. The fourth-order valence-corrected chi connectivity index (χ4v) is 4.59. The van der Waals surface area contributed by atoms with E-state index in [1.807, 2.05) is 39.0 Å². The standard InChI is InChI=1S/C20H23N3O2S2/c1-12-13(2)27-20-17(12)19(25)22-16(23-20)11-26-14(3)18(24)21-10-9-15-7-5-4-6-8-15/h4-8,14H,9-11H2,1-3H3,(H,21,24)(H,22,23,25). The summed E-state index contributed by atoms with van der Waals surface area (Å²) in [6.07, 6.45) is 0.812. The largest absolute Gasteiger partial charge is 0.355 e. The molecule has 5 nitrogen and oxygen atoms in total. The summed E-state index contributed by atoms with van der Waals surface area (Å²) in [5, 5.41) is 3.43. The Hall–Kier alpha value is -2.12. The molecule has 3 aromatic rings. The first-order valence-corrected chi connectivity index (χ1v) is 10.7. The normalized spacial score (nSPS) is 12.3. The summed E-state index contributed by atoms with van der Waals surface area (Å²) < 4.78 is 0. The second-order valence-electron chi connectivity index (χ2n) is 6.46. The van der Waals surface area contributed by atoms with Gasteiger partial charge in [-0.2, -0.15) is 0 Å². The molecule has 1 aromatic carbocycles. The molecule has 0 aliphatic heterocycles. The number of H-pyrrole nitrogens is 1. The van der Waals surface area contributed by atoms with Gasteiger partial charge in [-0.3, -0.25) is 9.59 Å². The molecule has 3 rings (SSSR count). The minimum atomic E-state index is -0.214. The van der Waals surface area contributed by atoms with Crippen LogP contribution in [0.1, 0.15) is 28.8 Å². The van der Waals surface area contributed by atoms with E-state index in [2.05, 4.69) is 27.4 Å². The van der Waals surface area contributed by atoms with Gasteiger partial charge >= 0.3 is 0 Å². The van der Waals surface area contributed by atoms with Gasteiger partial charge in [0.05, 0.1) is 16.4 Å². The third-order valence-electron chi connectivity index (χ3n) is 4.48. The van der Waals surface area contributed by atoms with Crippen LogP contribution in [0.2, 0.25) is 0 Å². The molecule has 1 atom stereocenters. The number of benzene rings is 1. The van der Waals surface area contributed by atoms with E-state index in [4.69, 9.17) is 0 Å². The fourth-order valence-electron chi connectivity index (χ4n) is 2.77. The van der Waals surface area contributed by atoms with Crippen LogP contribution in [0.3, 0.4) is 0 Å². The fraction of sp³-hybridized carbons (Fsp3) is 0.350. The summed E-state index contributed by atoms with van der Waals surface area (Å²) in [4.78, 5) is 33.9. The van der Waals surface area contributed by atoms with Gasteiger partial charge in [0.2, 0.25) is 5.91 Å². The van der Waals surface area contributed by atoms with Gasteiger partial charge in [-0.1, -0.05) is 30.3 Å². The highest BCUT2D eigenvalue weighted by atomic mass is 32.2. The molecule has 27 heavy (non-hydrogen) atoms. The van der Waals surface area contributed by atoms with Crippen molar-refractivity contribution in [2.24, 2.45) is 0 Å². The van der Waals surface area contributed by atoms with Crippen molar-refractivity contribution in [3.05, 3.63) is 62.5 Å². The Labute approximate surface area is 166 Å². The molecular formula is C20H23N3O2S2. The van der Waals surface area contributed by atoms with Crippen LogP contribution in [-0.2, 0) is 17.0 Å². The molecule has 142 valence electrons. The SMILES string of the molecule is Cc1sc2nc(CSC(C)C(=O)NCCc3ccccc3)[nH]c(=O)c2c1C. The molecule has 0 saturated carbocycles. The van der Waals surface area contributed by atoms with Gasteiger partial charge in [0.25, 0.3) is 5.56 Å². The van der Waals surface area contributed by atoms with E-state index in [9.17, 15) is 9.59 Å². The second-order valence-corrected chi connectivity index (χ2v) is 8.99. The number of nitrogens with zero attached hydrogens (tertiary/aromatic N) is 1. The molecule has 2 N–H and O–H groups in total. The first-order valence-electron chi connectivity index (χ1n) is 8.88. The number of fused-ring (bicyclic) bond motifs is 1.